The molecule has 2 fully saturated rings. The second kappa shape index (κ2) is 2.60. The van der Waals surface area contributed by atoms with Crippen molar-refractivity contribution in [3.05, 3.63) is 42.3 Å². The summed E-state index contributed by atoms with van der Waals surface area (Å²) < 4.78 is 0. The van der Waals surface area contributed by atoms with E-state index in [1.165, 1.54) is 24.8 Å². The Bertz CT molecular complexity index is 323. The quantitative estimate of drug-likeness (QED) is 0.639. The Kier molecular flexibility index (Phi) is 1.52. The smallest absolute Gasteiger partial charge is 0.000900 e. The lowest BCUT2D eigenvalue weighted by Gasteiger charge is -2.03. The molecule has 0 N–H and O–H groups in total. The summed E-state index contributed by atoms with van der Waals surface area (Å²) in [5, 5.41) is 0. The van der Waals surface area contributed by atoms with Crippen LogP contribution in [0.25, 0.3) is 0 Å². The van der Waals surface area contributed by atoms with Crippen LogP contribution >= 0.6 is 0 Å². The van der Waals surface area contributed by atoms with E-state index in [0.717, 1.165) is 23.3 Å². The van der Waals surface area contributed by atoms with Gasteiger partial charge in [-0.3, -0.25) is 0 Å². The normalized spacial score (nSPS) is 31.8. The molecule has 0 saturated heterocycles. The van der Waals surface area contributed by atoms with Crippen LogP contribution in [-0.2, 0) is 0 Å². The van der Waals surface area contributed by atoms with Gasteiger partial charge in [0.2, 0.25) is 0 Å². The number of rotatable bonds is 2. The molecule has 2 radical (unpaired) electrons. The Hall–Kier alpha value is -0.780. The van der Waals surface area contributed by atoms with Crippen molar-refractivity contribution in [2.75, 3.05) is 0 Å². The van der Waals surface area contributed by atoms with E-state index in [4.69, 9.17) is 6.92 Å². The van der Waals surface area contributed by atoms with Crippen LogP contribution in [-0.4, -0.2) is 0 Å². The molecular formula is C13H14. The van der Waals surface area contributed by atoms with Gasteiger partial charge >= 0.3 is 0 Å². The lowest BCUT2D eigenvalue weighted by Crippen LogP contribution is -1.88. The van der Waals surface area contributed by atoms with Crippen molar-refractivity contribution in [1.29, 1.82) is 0 Å². The van der Waals surface area contributed by atoms with Gasteiger partial charge in [0.15, 0.2) is 0 Å². The van der Waals surface area contributed by atoms with Crippen molar-refractivity contribution in [2.45, 2.75) is 25.2 Å². The first-order chi connectivity index (χ1) is 6.36. The van der Waals surface area contributed by atoms with E-state index in [2.05, 4.69) is 12.1 Å². The highest BCUT2D eigenvalue weighted by molar-refractivity contribution is 5.36. The van der Waals surface area contributed by atoms with Crippen molar-refractivity contribution < 1.29 is 0 Å². The van der Waals surface area contributed by atoms with Crippen molar-refractivity contribution in [3.63, 3.8) is 0 Å². The molecule has 13 heavy (non-hydrogen) atoms. The maximum atomic E-state index is 5.94. The third-order valence-corrected chi connectivity index (χ3v) is 3.46. The zero-order valence-corrected chi connectivity index (χ0v) is 7.74. The van der Waals surface area contributed by atoms with Gasteiger partial charge in [-0.1, -0.05) is 24.3 Å². The Balaban J connectivity index is 1.82. The molecule has 2 aliphatic carbocycles. The van der Waals surface area contributed by atoms with Crippen LogP contribution in [0.2, 0.25) is 0 Å². The lowest BCUT2D eigenvalue weighted by atomic mass is 10.0. The average molecular weight is 170 g/mol. The summed E-state index contributed by atoms with van der Waals surface area (Å²) >= 11 is 0. The molecule has 0 spiro atoms. The fourth-order valence-electron chi connectivity index (χ4n) is 2.47. The zero-order valence-electron chi connectivity index (χ0n) is 7.74. The fourth-order valence-corrected chi connectivity index (χ4v) is 2.47. The maximum absolute atomic E-state index is 5.94. The van der Waals surface area contributed by atoms with Gasteiger partial charge in [-0.15, -0.1) is 0 Å². The van der Waals surface area contributed by atoms with Gasteiger partial charge in [-0.2, -0.15) is 0 Å². The first-order valence-electron chi connectivity index (χ1n) is 5.20. The Morgan fingerprint density at radius 3 is 2.62 bits per heavy atom. The summed E-state index contributed by atoms with van der Waals surface area (Å²) in [6.07, 6.45) is 4.32. The summed E-state index contributed by atoms with van der Waals surface area (Å²) in [4.78, 5) is 0. The van der Waals surface area contributed by atoms with Crippen LogP contribution in [0.1, 0.15) is 36.3 Å². The van der Waals surface area contributed by atoms with Crippen molar-refractivity contribution >= 4 is 0 Å². The van der Waals surface area contributed by atoms with E-state index >= 15 is 0 Å². The second-order valence-corrected chi connectivity index (χ2v) is 4.47. The highest BCUT2D eigenvalue weighted by Gasteiger charge is 2.48. The molecule has 0 aliphatic heterocycles. The third-order valence-electron chi connectivity index (χ3n) is 3.46. The SMILES string of the molecule is [CH]c1ccccc1C1CC1C1CC1. The van der Waals surface area contributed by atoms with Crippen LogP contribution < -0.4 is 0 Å². The van der Waals surface area contributed by atoms with Crippen LogP contribution in [0.5, 0.6) is 0 Å². The molecule has 2 atom stereocenters. The number of benzene rings is 1. The predicted octanol–water partition coefficient (Wildman–Crippen LogP) is 3.26. The molecule has 2 unspecified atom stereocenters. The number of hydrogen-bond donors (Lipinski definition) is 0. The number of hydrogen-bond acceptors (Lipinski definition) is 0. The van der Waals surface area contributed by atoms with Gasteiger partial charge in [-0.05, 0) is 55.1 Å². The Morgan fingerprint density at radius 1 is 1.15 bits per heavy atom. The van der Waals surface area contributed by atoms with Gasteiger partial charge in [-0.25, -0.2) is 0 Å². The van der Waals surface area contributed by atoms with Gasteiger partial charge in [0.25, 0.3) is 0 Å². The zero-order chi connectivity index (χ0) is 8.84. The first kappa shape index (κ1) is 7.61. The highest BCUT2D eigenvalue weighted by atomic mass is 14.5. The fraction of sp³-hybridized carbons (Fsp3) is 0.462. The average Bonchev–Trinajstić information content (AvgIpc) is 3.00. The third kappa shape index (κ3) is 1.29. The lowest BCUT2D eigenvalue weighted by molar-refractivity contribution is 0.689. The maximum Gasteiger partial charge on any atom is -0.000900 e. The van der Waals surface area contributed by atoms with Crippen LogP contribution in [0.4, 0.5) is 0 Å². The van der Waals surface area contributed by atoms with Gasteiger partial charge in [0.05, 0.1) is 0 Å². The van der Waals surface area contributed by atoms with Gasteiger partial charge < -0.3 is 0 Å². The van der Waals surface area contributed by atoms with Crippen molar-refractivity contribution in [1.82, 2.24) is 0 Å². The molecule has 0 nitrogen and oxygen atoms in total. The molecule has 66 valence electrons. The molecule has 3 rings (SSSR count). The standard InChI is InChI=1S/C13H14/c1-9-4-2-3-5-11(9)13-8-12(13)10-6-7-10/h1-5,10,12-13H,6-8H2. The summed E-state index contributed by atoms with van der Waals surface area (Å²) in [7, 11) is 0. The largest absolute Gasteiger partial charge is 0.0620 e. The predicted molar refractivity (Wildman–Crippen MR) is 53.4 cm³/mol. The molecule has 0 heterocycles. The van der Waals surface area contributed by atoms with Gasteiger partial charge in [0.1, 0.15) is 0 Å². The summed E-state index contributed by atoms with van der Waals surface area (Å²) in [5.41, 5.74) is 2.40. The molecular weight excluding hydrogens is 156 g/mol. The minimum Gasteiger partial charge on any atom is -0.0620 e. The molecule has 0 heteroatoms. The molecule has 2 aliphatic rings. The summed E-state index contributed by atoms with van der Waals surface area (Å²) in [5.74, 6) is 2.82. The molecule has 1 aromatic carbocycles. The minimum absolute atomic E-state index is 0.800. The highest BCUT2D eigenvalue weighted by Crippen LogP contribution is 2.59. The van der Waals surface area contributed by atoms with E-state index < -0.39 is 0 Å². The van der Waals surface area contributed by atoms with Crippen LogP contribution in [0.3, 0.4) is 0 Å². The first-order valence-corrected chi connectivity index (χ1v) is 5.20. The molecule has 0 bridgehead atoms. The molecule has 1 aromatic rings. The van der Waals surface area contributed by atoms with Crippen molar-refractivity contribution in [3.8, 4) is 0 Å². The van der Waals surface area contributed by atoms with Gasteiger partial charge in [0, 0.05) is 0 Å². The van der Waals surface area contributed by atoms with E-state index in [1.807, 2.05) is 12.1 Å². The van der Waals surface area contributed by atoms with E-state index in [1.54, 1.807) is 0 Å². The van der Waals surface area contributed by atoms with E-state index in [0.29, 0.717) is 0 Å². The Morgan fingerprint density at radius 2 is 1.92 bits per heavy atom. The summed E-state index contributed by atoms with van der Waals surface area (Å²) in [6.45, 7) is 5.94. The Labute approximate surface area is 80.0 Å². The van der Waals surface area contributed by atoms with Crippen molar-refractivity contribution in [2.24, 2.45) is 11.8 Å². The molecule has 0 aromatic heterocycles. The summed E-state index contributed by atoms with van der Waals surface area (Å²) in [6, 6.07) is 8.35. The second-order valence-electron chi connectivity index (χ2n) is 4.47. The monoisotopic (exact) mass is 170 g/mol. The topological polar surface area (TPSA) is 0 Å². The van der Waals surface area contributed by atoms with Crippen LogP contribution in [0.15, 0.2) is 24.3 Å². The molecule has 2 saturated carbocycles. The van der Waals surface area contributed by atoms with Crippen LogP contribution in [0, 0.1) is 18.8 Å². The molecule has 0 amide bonds. The van der Waals surface area contributed by atoms with E-state index in [-0.39, 0.29) is 0 Å². The minimum atomic E-state index is 0.800. The van der Waals surface area contributed by atoms with E-state index in [9.17, 15) is 0 Å².